The largest absolute Gasteiger partial charge is 0.416 e. The molecule has 5 nitrogen and oxygen atoms in total. The Kier molecular flexibility index (Phi) is 7.00. The molecule has 0 aromatic heterocycles. The van der Waals surface area contributed by atoms with E-state index in [1.165, 1.54) is 18.2 Å². The third-order valence-corrected chi connectivity index (χ3v) is 6.30. The molecule has 1 fully saturated rings. The fraction of sp³-hybridized carbons (Fsp3) is 0.308. The average Bonchev–Trinajstić information content (AvgIpc) is 2.84. The van der Waals surface area contributed by atoms with Crippen molar-refractivity contribution < 1.29 is 22.8 Å². The standard InChI is InChI=1S/C26H25F3N2O3/c27-26(28,29)23-14-19(13-21(15-23)20-5-4-8-24(16-20)31(32)33)17-34-18-25(9-11-30-12-10-25)22-6-2-1-3-7-22/h1-8,13-16,30H,9-12,17-18H2. The Morgan fingerprint density at radius 1 is 0.941 bits per heavy atom. The van der Waals surface area contributed by atoms with Crippen LogP contribution in [0, 0.1) is 10.1 Å². The van der Waals surface area contributed by atoms with E-state index in [0.717, 1.165) is 43.6 Å². The lowest BCUT2D eigenvalue weighted by atomic mass is 9.74. The zero-order valence-corrected chi connectivity index (χ0v) is 18.5. The van der Waals surface area contributed by atoms with Crippen molar-refractivity contribution in [3.63, 3.8) is 0 Å². The smallest absolute Gasteiger partial charge is 0.376 e. The number of benzene rings is 3. The minimum absolute atomic E-state index is 0.00780. The Morgan fingerprint density at radius 2 is 1.68 bits per heavy atom. The van der Waals surface area contributed by atoms with Gasteiger partial charge in [-0.3, -0.25) is 10.1 Å². The maximum atomic E-state index is 13.6. The summed E-state index contributed by atoms with van der Waals surface area (Å²) in [7, 11) is 0. The Bertz CT molecular complexity index is 1140. The van der Waals surface area contributed by atoms with Crippen LogP contribution in [0.3, 0.4) is 0 Å². The van der Waals surface area contributed by atoms with Gasteiger partial charge in [-0.1, -0.05) is 42.5 Å². The molecule has 178 valence electrons. The fourth-order valence-corrected chi connectivity index (χ4v) is 4.48. The van der Waals surface area contributed by atoms with E-state index in [9.17, 15) is 23.3 Å². The molecule has 0 amide bonds. The Balaban J connectivity index is 1.59. The van der Waals surface area contributed by atoms with Gasteiger partial charge in [0.05, 0.1) is 23.7 Å². The number of rotatable bonds is 7. The van der Waals surface area contributed by atoms with Crippen molar-refractivity contribution in [3.05, 3.63) is 99.6 Å². The van der Waals surface area contributed by atoms with Crippen LogP contribution in [0.2, 0.25) is 0 Å². The van der Waals surface area contributed by atoms with Crippen molar-refractivity contribution in [3.8, 4) is 11.1 Å². The molecule has 1 aliphatic heterocycles. The highest BCUT2D eigenvalue weighted by atomic mass is 19.4. The first-order valence-corrected chi connectivity index (χ1v) is 11.1. The van der Waals surface area contributed by atoms with Gasteiger partial charge in [0.15, 0.2) is 0 Å². The Labute approximate surface area is 195 Å². The molecule has 1 saturated heterocycles. The molecule has 0 atom stereocenters. The number of nitro groups is 1. The fourth-order valence-electron chi connectivity index (χ4n) is 4.48. The van der Waals surface area contributed by atoms with Crippen molar-refractivity contribution in [2.75, 3.05) is 19.7 Å². The summed E-state index contributed by atoms with van der Waals surface area (Å²) in [6, 6.07) is 19.4. The number of nitrogens with zero attached hydrogens (tertiary/aromatic N) is 1. The van der Waals surface area contributed by atoms with Gasteiger partial charge in [-0.05, 0) is 66.4 Å². The molecule has 34 heavy (non-hydrogen) atoms. The highest BCUT2D eigenvalue weighted by molar-refractivity contribution is 5.67. The van der Waals surface area contributed by atoms with Crippen LogP contribution < -0.4 is 5.32 Å². The summed E-state index contributed by atoms with van der Waals surface area (Å²) in [5, 5.41) is 14.5. The molecule has 1 N–H and O–H groups in total. The zero-order valence-electron chi connectivity index (χ0n) is 18.5. The van der Waals surface area contributed by atoms with Gasteiger partial charge in [-0.25, -0.2) is 0 Å². The van der Waals surface area contributed by atoms with Gasteiger partial charge in [0.25, 0.3) is 5.69 Å². The monoisotopic (exact) mass is 470 g/mol. The molecular formula is C26H25F3N2O3. The second-order valence-electron chi connectivity index (χ2n) is 8.61. The number of alkyl halides is 3. The zero-order chi connectivity index (χ0) is 24.2. The summed E-state index contributed by atoms with van der Waals surface area (Å²) in [6.45, 7) is 2.09. The summed E-state index contributed by atoms with van der Waals surface area (Å²) in [6.07, 6.45) is -2.80. The van der Waals surface area contributed by atoms with Crippen LogP contribution in [0.15, 0.2) is 72.8 Å². The molecule has 0 bridgehead atoms. The maximum absolute atomic E-state index is 13.6. The minimum Gasteiger partial charge on any atom is -0.376 e. The number of hydrogen-bond acceptors (Lipinski definition) is 4. The predicted octanol–water partition coefficient (Wildman–Crippen LogP) is 6.12. The Hall–Kier alpha value is -3.23. The van der Waals surface area contributed by atoms with E-state index < -0.39 is 16.7 Å². The van der Waals surface area contributed by atoms with Gasteiger partial charge in [-0.2, -0.15) is 13.2 Å². The number of nitrogens with one attached hydrogen (secondary N) is 1. The molecule has 1 heterocycles. The molecular weight excluding hydrogens is 445 g/mol. The van der Waals surface area contributed by atoms with Crippen molar-refractivity contribution in [2.24, 2.45) is 0 Å². The average molecular weight is 470 g/mol. The molecule has 0 unspecified atom stereocenters. The number of ether oxygens (including phenoxy) is 1. The third-order valence-electron chi connectivity index (χ3n) is 6.30. The highest BCUT2D eigenvalue weighted by Crippen LogP contribution is 2.36. The number of nitro benzene ring substituents is 1. The second-order valence-corrected chi connectivity index (χ2v) is 8.61. The van der Waals surface area contributed by atoms with Crippen LogP contribution in [0.5, 0.6) is 0 Å². The van der Waals surface area contributed by atoms with E-state index in [2.05, 4.69) is 17.4 Å². The molecule has 3 aromatic rings. The van der Waals surface area contributed by atoms with Gasteiger partial charge in [-0.15, -0.1) is 0 Å². The van der Waals surface area contributed by atoms with E-state index in [4.69, 9.17) is 4.74 Å². The minimum atomic E-state index is -4.55. The first-order valence-electron chi connectivity index (χ1n) is 11.1. The summed E-state index contributed by atoms with van der Waals surface area (Å²) < 4.78 is 46.9. The van der Waals surface area contributed by atoms with Crippen molar-refractivity contribution >= 4 is 5.69 Å². The van der Waals surface area contributed by atoms with Crippen LogP contribution in [-0.4, -0.2) is 24.6 Å². The number of hydrogen-bond donors (Lipinski definition) is 1. The highest BCUT2D eigenvalue weighted by Gasteiger charge is 2.34. The Morgan fingerprint density at radius 3 is 2.35 bits per heavy atom. The van der Waals surface area contributed by atoms with E-state index in [1.54, 1.807) is 12.1 Å². The molecule has 8 heteroatoms. The van der Waals surface area contributed by atoms with E-state index in [1.807, 2.05) is 18.2 Å². The third kappa shape index (κ3) is 5.46. The first-order chi connectivity index (χ1) is 16.3. The normalized spacial score (nSPS) is 15.7. The molecule has 0 radical (unpaired) electrons. The molecule has 4 rings (SSSR count). The lowest BCUT2D eigenvalue weighted by Gasteiger charge is -2.38. The van der Waals surface area contributed by atoms with E-state index in [-0.39, 0.29) is 23.3 Å². The summed E-state index contributed by atoms with van der Waals surface area (Å²) in [5.74, 6) is 0. The quantitative estimate of drug-likeness (QED) is 0.334. The van der Waals surface area contributed by atoms with Crippen LogP contribution in [0.1, 0.15) is 29.5 Å². The van der Waals surface area contributed by atoms with Gasteiger partial charge < -0.3 is 10.1 Å². The first kappa shape index (κ1) is 23.9. The number of halogens is 3. The number of piperidine rings is 1. The SMILES string of the molecule is O=[N+]([O-])c1cccc(-c2cc(COCC3(c4ccccc4)CCNCC3)cc(C(F)(F)F)c2)c1. The van der Waals surface area contributed by atoms with Gasteiger partial charge in [0.1, 0.15) is 0 Å². The summed E-state index contributed by atoms with van der Waals surface area (Å²) >= 11 is 0. The van der Waals surface area contributed by atoms with Crippen LogP contribution in [0.4, 0.5) is 18.9 Å². The van der Waals surface area contributed by atoms with Crippen molar-refractivity contribution in [1.82, 2.24) is 5.32 Å². The lowest BCUT2D eigenvalue weighted by molar-refractivity contribution is -0.384. The van der Waals surface area contributed by atoms with Gasteiger partial charge in [0.2, 0.25) is 0 Å². The predicted molar refractivity (Wildman–Crippen MR) is 123 cm³/mol. The van der Waals surface area contributed by atoms with Crippen molar-refractivity contribution in [2.45, 2.75) is 31.0 Å². The second kappa shape index (κ2) is 9.95. The summed E-state index contributed by atoms with van der Waals surface area (Å²) in [5.41, 5.74) is 0.957. The van der Waals surface area contributed by atoms with E-state index >= 15 is 0 Å². The van der Waals surface area contributed by atoms with Crippen LogP contribution in [0.25, 0.3) is 11.1 Å². The van der Waals surface area contributed by atoms with Crippen LogP contribution >= 0.6 is 0 Å². The topological polar surface area (TPSA) is 64.4 Å². The van der Waals surface area contributed by atoms with Crippen LogP contribution in [-0.2, 0) is 22.9 Å². The molecule has 3 aromatic carbocycles. The summed E-state index contributed by atoms with van der Waals surface area (Å²) in [4.78, 5) is 10.6. The lowest BCUT2D eigenvalue weighted by Crippen LogP contribution is -2.43. The van der Waals surface area contributed by atoms with Gasteiger partial charge >= 0.3 is 6.18 Å². The van der Waals surface area contributed by atoms with E-state index in [0.29, 0.717) is 17.7 Å². The van der Waals surface area contributed by atoms with Crippen molar-refractivity contribution in [1.29, 1.82) is 0 Å². The molecule has 0 aliphatic carbocycles. The maximum Gasteiger partial charge on any atom is 0.416 e. The molecule has 0 spiro atoms. The van der Waals surface area contributed by atoms with Gasteiger partial charge in [0, 0.05) is 17.5 Å². The molecule has 0 saturated carbocycles. The number of non-ortho nitro benzene ring substituents is 1. The molecule has 1 aliphatic rings.